The first-order valence-corrected chi connectivity index (χ1v) is 8.27. The summed E-state index contributed by atoms with van der Waals surface area (Å²) in [5.41, 5.74) is 0.969. The highest BCUT2D eigenvalue weighted by molar-refractivity contribution is 14.1. The van der Waals surface area contributed by atoms with Crippen LogP contribution in [0.5, 0.6) is 0 Å². The van der Waals surface area contributed by atoms with Crippen molar-refractivity contribution in [3.8, 4) is 0 Å². The summed E-state index contributed by atoms with van der Waals surface area (Å²) < 4.78 is 5.81. The Morgan fingerprint density at radius 3 is 2.86 bits per heavy atom. The van der Waals surface area contributed by atoms with E-state index in [4.69, 9.17) is 4.74 Å². The van der Waals surface area contributed by atoms with Gasteiger partial charge in [0.25, 0.3) is 0 Å². The number of ketones is 2. The number of ether oxygens (including phenoxy) is 1. The van der Waals surface area contributed by atoms with E-state index in [1.165, 1.54) is 13.2 Å². The topological polar surface area (TPSA) is 63.6 Å². The molecule has 110 valence electrons. The molecule has 0 heterocycles. The normalized spacial score (nSPS) is 31.4. The summed E-state index contributed by atoms with van der Waals surface area (Å²) in [4.78, 5) is 24.1. The molecule has 0 aromatic rings. The van der Waals surface area contributed by atoms with E-state index in [2.05, 4.69) is 22.6 Å². The number of rotatable bonds is 2. The molecule has 0 radical (unpaired) electrons. The van der Waals surface area contributed by atoms with Crippen LogP contribution in [-0.2, 0) is 14.3 Å². The average molecular weight is 398 g/mol. The van der Waals surface area contributed by atoms with Gasteiger partial charge >= 0.3 is 0 Å². The van der Waals surface area contributed by atoms with Gasteiger partial charge in [-0.25, -0.2) is 0 Å². The molecule has 0 fully saturated rings. The van der Waals surface area contributed by atoms with Crippen LogP contribution >= 0.6 is 22.6 Å². The molecule has 0 saturated heterocycles. The number of methoxy groups -OCH3 is 1. The fourth-order valence-electron chi connectivity index (χ4n) is 3.44. The summed E-state index contributed by atoms with van der Waals surface area (Å²) >= 11 is 2.24. The van der Waals surface area contributed by atoms with Gasteiger partial charge in [-0.05, 0) is 30.1 Å². The highest BCUT2D eigenvalue weighted by Crippen LogP contribution is 2.54. The van der Waals surface area contributed by atoms with E-state index >= 15 is 0 Å². The largest absolute Gasteiger partial charge is 0.504 e. The van der Waals surface area contributed by atoms with E-state index < -0.39 is 5.41 Å². The molecule has 2 atom stereocenters. The Labute approximate surface area is 136 Å². The minimum absolute atomic E-state index is 0.0576. The van der Waals surface area contributed by atoms with Crippen molar-refractivity contribution < 1.29 is 19.4 Å². The van der Waals surface area contributed by atoms with Crippen LogP contribution in [0, 0.1) is 11.3 Å². The van der Waals surface area contributed by atoms with Crippen molar-refractivity contribution in [1.82, 2.24) is 0 Å². The summed E-state index contributed by atoms with van der Waals surface area (Å²) in [5.74, 6) is -0.237. The molecule has 0 saturated carbocycles. The molecule has 3 rings (SSSR count). The van der Waals surface area contributed by atoms with Crippen LogP contribution in [0.3, 0.4) is 0 Å². The number of hydrogen-bond donors (Lipinski definition) is 1. The summed E-state index contributed by atoms with van der Waals surface area (Å²) in [5, 5.41) is 10.3. The van der Waals surface area contributed by atoms with Crippen molar-refractivity contribution >= 4 is 34.2 Å². The third kappa shape index (κ3) is 2.01. The molecule has 5 heteroatoms. The van der Waals surface area contributed by atoms with E-state index in [1.54, 1.807) is 6.08 Å². The number of carbonyl (C=O) groups excluding carboxylic acids is 2. The highest BCUT2D eigenvalue weighted by Gasteiger charge is 2.50. The monoisotopic (exact) mass is 398 g/mol. The maximum atomic E-state index is 12.3. The maximum absolute atomic E-state index is 12.3. The van der Waals surface area contributed by atoms with Gasteiger partial charge in [-0.3, -0.25) is 9.59 Å². The second kappa shape index (κ2) is 5.12. The van der Waals surface area contributed by atoms with Crippen LogP contribution in [0.15, 0.2) is 47.0 Å². The Balaban J connectivity index is 2.21. The van der Waals surface area contributed by atoms with Gasteiger partial charge in [-0.15, -0.1) is 0 Å². The van der Waals surface area contributed by atoms with Gasteiger partial charge in [0, 0.05) is 21.8 Å². The Hall–Kier alpha value is -1.37. The van der Waals surface area contributed by atoms with Crippen molar-refractivity contribution in [2.75, 3.05) is 11.5 Å². The van der Waals surface area contributed by atoms with E-state index in [9.17, 15) is 14.7 Å². The Morgan fingerprint density at radius 2 is 2.19 bits per heavy atom. The molecule has 21 heavy (non-hydrogen) atoms. The van der Waals surface area contributed by atoms with Gasteiger partial charge in [0.1, 0.15) is 0 Å². The van der Waals surface area contributed by atoms with E-state index in [0.717, 1.165) is 12.0 Å². The summed E-state index contributed by atoms with van der Waals surface area (Å²) in [6, 6.07) is 0. The van der Waals surface area contributed by atoms with Gasteiger partial charge in [0.15, 0.2) is 17.3 Å². The van der Waals surface area contributed by atoms with Gasteiger partial charge in [-0.2, -0.15) is 0 Å². The first kappa shape index (κ1) is 14.6. The van der Waals surface area contributed by atoms with Crippen LogP contribution in [0.4, 0.5) is 0 Å². The fourth-order valence-corrected chi connectivity index (χ4v) is 4.65. The minimum atomic E-state index is -0.520. The number of hydrogen-bond acceptors (Lipinski definition) is 4. The number of fused-ring (bicyclic) bond motifs is 3. The third-order valence-electron chi connectivity index (χ3n) is 4.53. The van der Waals surface area contributed by atoms with E-state index in [-0.39, 0.29) is 29.7 Å². The van der Waals surface area contributed by atoms with Crippen molar-refractivity contribution in [2.24, 2.45) is 11.3 Å². The summed E-state index contributed by atoms with van der Waals surface area (Å²) in [7, 11) is 1.49. The summed E-state index contributed by atoms with van der Waals surface area (Å²) in [6.45, 7) is 0. The zero-order valence-electron chi connectivity index (χ0n) is 11.6. The molecule has 0 bridgehead atoms. The quantitative estimate of drug-likeness (QED) is 0.574. The number of aliphatic hydroxyl groups is 1. The number of halogens is 1. The van der Waals surface area contributed by atoms with Crippen LogP contribution in [-0.4, -0.2) is 28.2 Å². The lowest BCUT2D eigenvalue weighted by Crippen LogP contribution is -2.43. The van der Waals surface area contributed by atoms with Crippen LogP contribution in [0.25, 0.3) is 0 Å². The lowest BCUT2D eigenvalue weighted by Gasteiger charge is -2.46. The second-order valence-electron chi connectivity index (χ2n) is 5.55. The lowest BCUT2D eigenvalue weighted by atomic mass is 9.58. The van der Waals surface area contributed by atoms with E-state index in [0.29, 0.717) is 15.8 Å². The maximum Gasteiger partial charge on any atom is 0.220 e. The molecule has 0 aromatic carbocycles. The van der Waals surface area contributed by atoms with Crippen molar-refractivity contribution in [3.63, 3.8) is 0 Å². The summed E-state index contributed by atoms with van der Waals surface area (Å²) in [6.07, 6.45) is 8.02. The zero-order chi connectivity index (χ0) is 15.2. The van der Waals surface area contributed by atoms with Gasteiger partial charge in [0.2, 0.25) is 5.78 Å². The first-order chi connectivity index (χ1) is 10.0. The van der Waals surface area contributed by atoms with Crippen LogP contribution in [0.1, 0.15) is 12.8 Å². The molecular weight excluding hydrogens is 383 g/mol. The number of allylic oxidation sites excluding steroid dienone is 7. The number of aliphatic hydroxyl groups excluding tert-OH is 1. The van der Waals surface area contributed by atoms with Gasteiger partial charge in [0.05, 0.1) is 7.11 Å². The van der Waals surface area contributed by atoms with Crippen molar-refractivity contribution in [1.29, 1.82) is 0 Å². The SMILES string of the molecule is COC1=CC2CC=C3C=CC(=O)C(O)=C3[C@]2(CI)CC1=O. The van der Waals surface area contributed by atoms with E-state index in [1.807, 2.05) is 12.2 Å². The van der Waals surface area contributed by atoms with Crippen LogP contribution in [0.2, 0.25) is 0 Å². The van der Waals surface area contributed by atoms with Crippen molar-refractivity contribution in [2.45, 2.75) is 12.8 Å². The lowest BCUT2D eigenvalue weighted by molar-refractivity contribution is -0.122. The number of Topliss-reactive ketones (excluding diaryl/α,β-unsaturated/α-hetero) is 1. The predicted octanol–water partition coefficient (Wildman–Crippen LogP) is 2.81. The molecule has 1 N–H and O–H groups in total. The molecule has 0 amide bonds. The van der Waals surface area contributed by atoms with Crippen molar-refractivity contribution in [3.05, 3.63) is 47.0 Å². The molecule has 3 aliphatic rings. The third-order valence-corrected chi connectivity index (χ3v) is 5.90. The number of carbonyl (C=O) groups is 2. The van der Waals surface area contributed by atoms with Crippen LogP contribution < -0.4 is 0 Å². The molecular formula is C16H15IO4. The molecule has 4 nitrogen and oxygen atoms in total. The molecule has 0 spiro atoms. The number of alkyl halides is 1. The second-order valence-corrected chi connectivity index (χ2v) is 6.31. The fraction of sp³-hybridized carbons (Fsp3) is 0.375. The standard InChI is InChI=1S/C16H15IO4/c1-21-13-6-10-4-2-9-3-5-11(18)15(20)14(9)16(10,8-17)7-12(13)19/h2-3,5-6,10,20H,4,7-8H2,1H3/t10?,16-/m0/s1. The zero-order valence-corrected chi connectivity index (χ0v) is 13.7. The highest BCUT2D eigenvalue weighted by atomic mass is 127. The first-order valence-electron chi connectivity index (χ1n) is 6.75. The minimum Gasteiger partial charge on any atom is -0.504 e. The smallest absolute Gasteiger partial charge is 0.220 e. The molecule has 3 aliphatic carbocycles. The predicted molar refractivity (Wildman–Crippen MR) is 86.0 cm³/mol. The molecule has 0 aromatic heterocycles. The average Bonchev–Trinajstić information content (AvgIpc) is 2.49. The molecule has 0 aliphatic heterocycles. The van der Waals surface area contributed by atoms with Gasteiger partial charge < -0.3 is 9.84 Å². The Kier molecular flexibility index (Phi) is 3.55. The van der Waals surface area contributed by atoms with Gasteiger partial charge in [-0.1, -0.05) is 34.7 Å². The molecule has 1 unspecified atom stereocenters. The Bertz CT molecular complexity index is 653. The Morgan fingerprint density at radius 1 is 1.43 bits per heavy atom.